The van der Waals surface area contributed by atoms with Crippen LogP contribution in [0.1, 0.15) is 24.0 Å². The third-order valence-corrected chi connectivity index (χ3v) is 5.39. The average Bonchev–Trinajstić information content (AvgIpc) is 3.00. The third-order valence-electron chi connectivity index (χ3n) is 5.39. The van der Waals surface area contributed by atoms with E-state index in [1.165, 1.54) is 4.90 Å². The molecule has 0 saturated carbocycles. The minimum absolute atomic E-state index is 0.0906. The molecular formula is C22H23N3O3. The Labute approximate surface area is 164 Å². The Morgan fingerprint density at radius 3 is 2.50 bits per heavy atom. The van der Waals surface area contributed by atoms with E-state index >= 15 is 0 Å². The van der Waals surface area contributed by atoms with Gasteiger partial charge in [-0.1, -0.05) is 30.3 Å². The summed E-state index contributed by atoms with van der Waals surface area (Å²) in [7, 11) is 0. The van der Waals surface area contributed by atoms with Gasteiger partial charge in [-0.05, 0) is 42.0 Å². The molecule has 1 fully saturated rings. The zero-order valence-corrected chi connectivity index (χ0v) is 15.6. The lowest BCUT2D eigenvalue weighted by Gasteiger charge is -2.34. The predicted octanol–water partition coefficient (Wildman–Crippen LogP) is 2.07. The van der Waals surface area contributed by atoms with Crippen molar-refractivity contribution >= 4 is 17.4 Å². The summed E-state index contributed by atoms with van der Waals surface area (Å²) in [5.74, 6) is -0.413. The molecule has 0 aliphatic carbocycles. The van der Waals surface area contributed by atoms with Crippen LogP contribution in [0.15, 0.2) is 60.6 Å². The van der Waals surface area contributed by atoms with Crippen molar-refractivity contribution in [1.29, 1.82) is 0 Å². The Morgan fingerprint density at radius 2 is 1.79 bits per heavy atom. The number of piperidine rings is 1. The number of benzene rings is 1. The van der Waals surface area contributed by atoms with Crippen LogP contribution in [0, 0.1) is 5.92 Å². The molecule has 6 heteroatoms. The van der Waals surface area contributed by atoms with E-state index in [2.05, 4.69) is 4.98 Å². The quantitative estimate of drug-likeness (QED) is 0.808. The summed E-state index contributed by atoms with van der Waals surface area (Å²) < 4.78 is 0. The first-order valence-electron chi connectivity index (χ1n) is 9.59. The largest absolute Gasteiger partial charge is 0.396 e. The van der Waals surface area contributed by atoms with Crippen molar-refractivity contribution in [3.05, 3.63) is 71.7 Å². The van der Waals surface area contributed by atoms with E-state index in [9.17, 15) is 14.7 Å². The number of aliphatic hydroxyl groups is 1. The fraction of sp³-hybridized carbons (Fsp3) is 0.318. The molecule has 1 aromatic heterocycles. The monoisotopic (exact) mass is 377 g/mol. The number of rotatable bonds is 5. The molecule has 1 aromatic carbocycles. The summed E-state index contributed by atoms with van der Waals surface area (Å²) in [5.41, 5.74) is 2.53. The number of likely N-dealkylation sites (tertiary alicyclic amines) is 1. The molecule has 4 rings (SSSR count). The number of carbonyl (C=O) groups is 2. The van der Waals surface area contributed by atoms with Crippen molar-refractivity contribution < 1.29 is 14.7 Å². The lowest BCUT2D eigenvalue weighted by molar-refractivity contribution is -0.138. The van der Waals surface area contributed by atoms with Gasteiger partial charge in [-0.15, -0.1) is 0 Å². The minimum atomic E-state index is -0.269. The standard InChI is InChI=1S/C22H23N3O3/c26-15-17-5-4-12-24(13-17)20-19(18-6-2-1-3-7-18)21(27)25(22(20)28)14-16-8-10-23-11-9-16/h1-3,6-11,17,26H,4-5,12-15H2. The number of imide groups is 1. The van der Waals surface area contributed by atoms with Gasteiger partial charge in [0.15, 0.2) is 0 Å². The van der Waals surface area contributed by atoms with Gasteiger partial charge in [-0.3, -0.25) is 19.5 Å². The van der Waals surface area contributed by atoms with Crippen LogP contribution in [0.4, 0.5) is 0 Å². The van der Waals surface area contributed by atoms with Crippen LogP contribution in [-0.4, -0.2) is 51.4 Å². The van der Waals surface area contributed by atoms with Crippen molar-refractivity contribution in [2.24, 2.45) is 5.92 Å². The first-order valence-corrected chi connectivity index (χ1v) is 9.59. The molecule has 2 aromatic rings. The SMILES string of the molecule is O=C1C(c2ccccc2)=C(N2CCCC(CO)C2)C(=O)N1Cc1ccncc1. The first kappa shape index (κ1) is 18.4. The van der Waals surface area contributed by atoms with Crippen molar-refractivity contribution in [2.75, 3.05) is 19.7 Å². The molecular weight excluding hydrogens is 354 g/mol. The highest BCUT2D eigenvalue weighted by molar-refractivity contribution is 6.35. The van der Waals surface area contributed by atoms with Gasteiger partial charge >= 0.3 is 0 Å². The Hall–Kier alpha value is -2.99. The second-order valence-electron chi connectivity index (χ2n) is 7.28. The predicted molar refractivity (Wildman–Crippen MR) is 105 cm³/mol. The molecule has 2 aliphatic rings. The van der Waals surface area contributed by atoms with E-state index in [1.807, 2.05) is 47.4 Å². The maximum Gasteiger partial charge on any atom is 0.278 e. The Bertz CT molecular complexity index is 896. The number of hydrogen-bond acceptors (Lipinski definition) is 5. The molecule has 3 heterocycles. The van der Waals surface area contributed by atoms with Crippen LogP contribution in [-0.2, 0) is 16.1 Å². The van der Waals surface area contributed by atoms with Crippen LogP contribution in [0.3, 0.4) is 0 Å². The van der Waals surface area contributed by atoms with Crippen molar-refractivity contribution in [3.63, 3.8) is 0 Å². The number of pyridine rings is 1. The molecule has 144 valence electrons. The summed E-state index contributed by atoms with van der Waals surface area (Å²) in [6.07, 6.45) is 5.14. The van der Waals surface area contributed by atoms with Gasteiger partial charge < -0.3 is 10.0 Å². The zero-order chi connectivity index (χ0) is 19.5. The number of aliphatic hydroxyl groups excluding tert-OH is 1. The van der Waals surface area contributed by atoms with Gasteiger partial charge in [0.1, 0.15) is 5.70 Å². The molecule has 0 radical (unpaired) electrons. The second-order valence-corrected chi connectivity index (χ2v) is 7.28. The summed E-state index contributed by atoms with van der Waals surface area (Å²) in [6.45, 7) is 1.61. The average molecular weight is 377 g/mol. The van der Waals surface area contributed by atoms with Crippen LogP contribution >= 0.6 is 0 Å². The van der Waals surface area contributed by atoms with Gasteiger partial charge in [0.25, 0.3) is 11.8 Å². The maximum atomic E-state index is 13.3. The fourth-order valence-corrected chi connectivity index (χ4v) is 3.95. The highest BCUT2D eigenvalue weighted by Crippen LogP contribution is 2.34. The Kier molecular flexibility index (Phi) is 5.21. The fourth-order valence-electron chi connectivity index (χ4n) is 3.95. The molecule has 1 atom stereocenters. The molecule has 1 unspecified atom stereocenters. The number of hydrogen-bond donors (Lipinski definition) is 1. The van der Waals surface area contributed by atoms with E-state index < -0.39 is 0 Å². The van der Waals surface area contributed by atoms with Crippen molar-refractivity contribution in [2.45, 2.75) is 19.4 Å². The highest BCUT2D eigenvalue weighted by Gasteiger charge is 2.42. The Balaban J connectivity index is 1.72. The van der Waals surface area contributed by atoms with E-state index in [1.54, 1.807) is 12.4 Å². The summed E-state index contributed by atoms with van der Waals surface area (Å²) in [6, 6.07) is 13.0. The summed E-state index contributed by atoms with van der Waals surface area (Å²) >= 11 is 0. The van der Waals surface area contributed by atoms with E-state index in [4.69, 9.17) is 0 Å². The molecule has 2 aliphatic heterocycles. The van der Waals surface area contributed by atoms with E-state index in [-0.39, 0.29) is 30.9 Å². The van der Waals surface area contributed by atoms with Crippen LogP contribution in [0.2, 0.25) is 0 Å². The smallest absolute Gasteiger partial charge is 0.278 e. The van der Waals surface area contributed by atoms with E-state index in [0.29, 0.717) is 24.4 Å². The molecule has 1 N–H and O–H groups in total. The topological polar surface area (TPSA) is 73.7 Å². The van der Waals surface area contributed by atoms with Crippen molar-refractivity contribution in [1.82, 2.24) is 14.8 Å². The Morgan fingerprint density at radius 1 is 1.04 bits per heavy atom. The van der Waals surface area contributed by atoms with Gasteiger partial charge in [0, 0.05) is 32.1 Å². The molecule has 0 bridgehead atoms. The number of carbonyl (C=O) groups excluding carboxylic acids is 2. The number of aromatic nitrogens is 1. The molecule has 28 heavy (non-hydrogen) atoms. The lowest BCUT2D eigenvalue weighted by Crippen LogP contribution is -2.40. The van der Waals surface area contributed by atoms with Crippen molar-refractivity contribution in [3.8, 4) is 0 Å². The van der Waals surface area contributed by atoms with Gasteiger partial charge in [0.05, 0.1) is 12.1 Å². The first-order chi connectivity index (χ1) is 13.7. The molecule has 6 nitrogen and oxygen atoms in total. The molecule has 1 saturated heterocycles. The van der Waals surface area contributed by atoms with Crippen LogP contribution in [0.25, 0.3) is 5.57 Å². The van der Waals surface area contributed by atoms with Gasteiger partial charge in [0.2, 0.25) is 0 Å². The second kappa shape index (κ2) is 7.94. The highest BCUT2D eigenvalue weighted by atomic mass is 16.3. The normalized spacial score (nSPS) is 20.2. The summed E-state index contributed by atoms with van der Waals surface area (Å²) in [5, 5.41) is 9.59. The van der Waals surface area contributed by atoms with Gasteiger partial charge in [-0.25, -0.2) is 0 Å². The van der Waals surface area contributed by atoms with E-state index in [0.717, 1.165) is 24.0 Å². The molecule has 2 amide bonds. The number of nitrogens with zero attached hydrogens (tertiary/aromatic N) is 3. The maximum absolute atomic E-state index is 13.3. The third kappa shape index (κ3) is 3.43. The van der Waals surface area contributed by atoms with Crippen LogP contribution < -0.4 is 0 Å². The van der Waals surface area contributed by atoms with Crippen LogP contribution in [0.5, 0.6) is 0 Å². The number of amides is 2. The zero-order valence-electron chi connectivity index (χ0n) is 15.6. The summed E-state index contributed by atoms with van der Waals surface area (Å²) in [4.78, 5) is 33.9. The minimum Gasteiger partial charge on any atom is -0.396 e. The van der Waals surface area contributed by atoms with Gasteiger partial charge in [-0.2, -0.15) is 0 Å². The lowest BCUT2D eigenvalue weighted by atomic mass is 9.97. The molecule has 0 spiro atoms.